The predicted octanol–water partition coefficient (Wildman–Crippen LogP) is 3.97. The van der Waals surface area contributed by atoms with E-state index in [1.807, 2.05) is 66.7 Å². The number of amides is 3. The normalized spacial score (nSPS) is 18.9. The molecular formula is C24H19N3O3. The summed E-state index contributed by atoms with van der Waals surface area (Å²) in [5.74, 6) is -0.727. The Labute approximate surface area is 172 Å². The Balaban J connectivity index is 1.49. The van der Waals surface area contributed by atoms with Gasteiger partial charge in [0.2, 0.25) is 0 Å². The van der Waals surface area contributed by atoms with E-state index in [4.69, 9.17) is 0 Å². The first-order valence-corrected chi connectivity index (χ1v) is 9.71. The first kappa shape index (κ1) is 18.1. The lowest BCUT2D eigenvalue weighted by molar-refractivity contribution is -0.130. The van der Waals surface area contributed by atoms with Gasteiger partial charge in [0.15, 0.2) is 5.78 Å². The zero-order valence-corrected chi connectivity index (χ0v) is 16.3. The largest absolute Gasteiger partial charge is 0.360 e. The summed E-state index contributed by atoms with van der Waals surface area (Å²) in [5.41, 5.74) is 0.767. The SMILES string of the molecule is C[C@]1(c2cccc3ccccc23)NC(=O)N(CC(=O)c2c[nH]c3ccccc23)C1=O. The van der Waals surface area contributed by atoms with Crippen molar-refractivity contribution in [3.63, 3.8) is 0 Å². The molecule has 2 heterocycles. The van der Waals surface area contributed by atoms with Crippen LogP contribution >= 0.6 is 0 Å². The molecule has 5 rings (SSSR count). The molecule has 1 aromatic heterocycles. The lowest BCUT2D eigenvalue weighted by Crippen LogP contribution is -2.41. The predicted molar refractivity (Wildman–Crippen MR) is 114 cm³/mol. The molecule has 30 heavy (non-hydrogen) atoms. The molecule has 1 aliphatic heterocycles. The second kappa shape index (κ2) is 6.56. The highest BCUT2D eigenvalue weighted by Gasteiger charge is 2.50. The summed E-state index contributed by atoms with van der Waals surface area (Å²) in [6, 6.07) is 20.2. The Hall–Kier alpha value is -3.93. The third kappa shape index (κ3) is 2.61. The molecule has 1 aliphatic rings. The summed E-state index contributed by atoms with van der Waals surface area (Å²) in [6.07, 6.45) is 1.62. The number of fused-ring (bicyclic) bond motifs is 2. The zero-order chi connectivity index (χ0) is 20.9. The Bertz CT molecular complexity index is 1330. The third-order valence-corrected chi connectivity index (χ3v) is 5.79. The standard InChI is InChI=1S/C24H19N3O3/c1-24(19-11-6-8-15-7-2-3-9-16(15)19)22(29)27(23(30)26-24)14-21(28)18-13-25-20-12-5-4-10-17(18)20/h2-13,25H,14H2,1H3,(H,26,30)/t24-/m1/s1. The van der Waals surface area contributed by atoms with E-state index < -0.39 is 17.5 Å². The fourth-order valence-corrected chi connectivity index (χ4v) is 4.22. The number of hydrogen-bond donors (Lipinski definition) is 2. The highest BCUT2D eigenvalue weighted by molar-refractivity contribution is 6.15. The van der Waals surface area contributed by atoms with Crippen LogP contribution in [0.2, 0.25) is 0 Å². The van der Waals surface area contributed by atoms with Crippen LogP contribution < -0.4 is 5.32 Å². The highest BCUT2D eigenvalue weighted by Crippen LogP contribution is 2.34. The van der Waals surface area contributed by atoms with Crippen LogP contribution in [0, 0.1) is 0 Å². The molecule has 0 bridgehead atoms. The number of rotatable bonds is 4. The summed E-state index contributed by atoms with van der Waals surface area (Å²) in [4.78, 5) is 43.0. The first-order chi connectivity index (χ1) is 14.5. The molecule has 3 amide bonds. The fraction of sp³-hybridized carbons (Fsp3) is 0.125. The van der Waals surface area contributed by atoms with Crippen molar-refractivity contribution in [2.45, 2.75) is 12.5 Å². The van der Waals surface area contributed by atoms with E-state index in [-0.39, 0.29) is 12.3 Å². The fourth-order valence-electron chi connectivity index (χ4n) is 4.22. The summed E-state index contributed by atoms with van der Waals surface area (Å²) in [5, 5.41) is 5.44. The number of benzene rings is 3. The van der Waals surface area contributed by atoms with Crippen molar-refractivity contribution in [2.24, 2.45) is 0 Å². The molecule has 0 spiro atoms. The number of para-hydroxylation sites is 1. The number of H-pyrrole nitrogens is 1. The molecule has 6 nitrogen and oxygen atoms in total. The molecular weight excluding hydrogens is 378 g/mol. The monoisotopic (exact) mass is 397 g/mol. The molecule has 4 aromatic rings. The first-order valence-electron chi connectivity index (χ1n) is 9.71. The van der Waals surface area contributed by atoms with Crippen molar-refractivity contribution in [1.29, 1.82) is 0 Å². The maximum Gasteiger partial charge on any atom is 0.325 e. The van der Waals surface area contributed by atoms with Gasteiger partial charge in [-0.1, -0.05) is 60.7 Å². The van der Waals surface area contributed by atoms with Gasteiger partial charge in [-0.2, -0.15) is 0 Å². The van der Waals surface area contributed by atoms with Gasteiger partial charge in [-0.05, 0) is 29.3 Å². The number of nitrogens with zero attached hydrogens (tertiary/aromatic N) is 1. The summed E-state index contributed by atoms with van der Waals surface area (Å²) < 4.78 is 0. The van der Waals surface area contributed by atoms with Crippen LogP contribution in [0.15, 0.2) is 72.9 Å². The van der Waals surface area contributed by atoms with Crippen molar-refractivity contribution in [3.05, 3.63) is 84.1 Å². The number of aromatic nitrogens is 1. The Morgan fingerprint density at radius 1 is 0.933 bits per heavy atom. The molecule has 3 aromatic carbocycles. The number of imide groups is 1. The van der Waals surface area contributed by atoms with Crippen LogP contribution in [0.3, 0.4) is 0 Å². The minimum atomic E-state index is -1.24. The van der Waals surface area contributed by atoms with E-state index in [9.17, 15) is 14.4 Å². The number of hydrogen-bond acceptors (Lipinski definition) is 3. The van der Waals surface area contributed by atoms with E-state index in [1.165, 1.54) is 0 Å². The molecule has 1 fully saturated rings. The number of ketones is 1. The molecule has 0 unspecified atom stereocenters. The summed E-state index contributed by atoms with van der Waals surface area (Å²) in [6.45, 7) is 1.37. The van der Waals surface area contributed by atoms with Crippen LogP contribution in [-0.4, -0.2) is 34.2 Å². The maximum atomic E-state index is 13.3. The zero-order valence-electron chi connectivity index (χ0n) is 16.3. The maximum absolute atomic E-state index is 13.3. The highest BCUT2D eigenvalue weighted by atomic mass is 16.2. The lowest BCUT2D eigenvalue weighted by Gasteiger charge is -2.24. The van der Waals surface area contributed by atoms with Crippen molar-refractivity contribution < 1.29 is 14.4 Å². The van der Waals surface area contributed by atoms with Crippen LogP contribution in [0.5, 0.6) is 0 Å². The minimum Gasteiger partial charge on any atom is -0.360 e. The number of aromatic amines is 1. The van der Waals surface area contributed by atoms with E-state index in [1.54, 1.807) is 13.1 Å². The molecule has 2 N–H and O–H groups in total. The van der Waals surface area contributed by atoms with Crippen LogP contribution in [-0.2, 0) is 10.3 Å². The average molecular weight is 397 g/mol. The van der Waals surface area contributed by atoms with Crippen LogP contribution in [0.4, 0.5) is 4.79 Å². The third-order valence-electron chi connectivity index (χ3n) is 5.79. The molecule has 1 saturated heterocycles. The van der Waals surface area contributed by atoms with Crippen molar-refractivity contribution in [1.82, 2.24) is 15.2 Å². The van der Waals surface area contributed by atoms with Gasteiger partial charge in [0.25, 0.3) is 5.91 Å². The van der Waals surface area contributed by atoms with E-state index in [0.717, 1.165) is 26.6 Å². The van der Waals surface area contributed by atoms with Gasteiger partial charge in [-0.25, -0.2) is 4.79 Å². The topological polar surface area (TPSA) is 82.3 Å². The molecule has 0 aliphatic carbocycles. The second-order valence-electron chi connectivity index (χ2n) is 7.64. The van der Waals surface area contributed by atoms with E-state index in [0.29, 0.717) is 11.1 Å². The van der Waals surface area contributed by atoms with Crippen molar-refractivity contribution >= 4 is 39.4 Å². The molecule has 0 saturated carbocycles. The average Bonchev–Trinajstić information content (AvgIpc) is 3.28. The van der Waals surface area contributed by atoms with Gasteiger partial charge in [0.05, 0.1) is 6.54 Å². The Morgan fingerprint density at radius 2 is 1.63 bits per heavy atom. The Kier molecular flexibility index (Phi) is 3.96. The number of carbonyl (C=O) groups is 3. The van der Waals surface area contributed by atoms with Gasteiger partial charge in [-0.3, -0.25) is 14.5 Å². The summed E-state index contributed by atoms with van der Waals surface area (Å²) >= 11 is 0. The summed E-state index contributed by atoms with van der Waals surface area (Å²) in [7, 11) is 0. The van der Waals surface area contributed by atoms with E-state index >= 15 is 0 Å². The molecule has 6 heteroatoms. The minimum absolute atomic E-state index is 0.293. The van der Waals surface area contributed by atoms with E-state index in [2.05, 4.69) is 10.3 Å². The number of urea groups is 1. The van der Waals surface area contributed by atoms with Crippen molar-refractivity contribution in [3.8, 4) is 0 Å². The van der Waals surface area contributed by atoms with Gasteiger partial charge >= 0.3 is 6.03 Å². The number of nitrogens with one attached hydrogen (secondary N) is 2. The van der Waals surface area contributed by atoms with Crippen LogP contribution in [0.25, 0.3) is 21.7 Å². The smallest absolute Gasteiger partial charge is 0.325 e. The van der Waals surface area contributed by atoms with Gasteiger partial charge in [0.1, 0.15) is 5.54 Å². The van der Waals surface area contributed by atoms with Gasteiger partial charge in [-0.15, -0.1) is 0 Å². The molecule has 0 radical (unpaired) electrons. The van der Waals surface area contributed by atoms with Crippen LogP contribution in [0.1, 0.15) is 22.8 Å². The second-order valence-corrected chi connectivity index (χ2v) is 7.64. The quantitative estimate of drug-likeness (QED) is 0.404. The molecule has 148 valence electrons. The van der Waals surface area contributed by atoms with Crippen molar-refractivity contribution in [2.75, 3.05) is 6.54 Å². The molecule has 1 atom stereocenters. The Morgan fingerprint density at radius 3 is 2.47 bits per heavy atom. The number of Topliss-reactive ketones (excluding diaryl/α,β-unsaturated/α-hetero) is 1. The van der Waals surface area contributed by atoms with Gasteiger partial charge in [0, 0.05) is 22.7 Å². The lowest BCUT2D eigenvalue weighted by atomic mass is 9.88. The number of carbonyl (C=O) groups excluding carboxylic acids is 3. The van der Waals surface area contributed by atoms with Gasteiger partial charge < -0.3 is 10.3 Å².